The quantitative estimate of drug-likeness (QED) is 0.606. The summed E-state index contributed by atoms with van der Waals surface area (Å²) in [4.78, 5) is 0. The average molecular weight is 149 g/mol. The number of rotatable bonds is 2. The predicted octanol–water partition coefficient (Wildman–Crippen LogP) is 3.00. The molecular weight excluding hydrogens is 139 g/mol. The Hall–Kier alpha value is -1.11. The lowest BCUT2D eigenvalue weighted by Crippen LogP contribution is -1.82. The third-order valence-corrected chi connectivity index (χ3v) is 1.50. The third-order valence-electron chi connectivity index (χ3n) is 1.50. The molecule has 0 aromatic heterocycles. The van der Waals surface area contributed by atoms with Gasteiger partial charge in [0, 0.05) is 0 Å². The second-order valence-electron chi connectivity index (χ2n) is 2.23. The minimum absolute atomic E-state index is 0.416. The van der Waals surface area contributed by atoms with Crippen LogP contribution in [0.2, 0.25) is 0 Å². The standard InChI is InChI=1S/C10H10F/c1-2-5-9-6-3-4-7-10(9)8-11/h2-7H,1,8H2/b5-2+. The zero-order valence-electron chi connectivity index (χ0n) is 6.26. The Bertz CT molecular complexity index is 251. The molecule has 0 fully saturated rings. The highest BCUT2D eigenvalue weighted by molar-refractivity contribution is 5.53. The largest absolute Gasteiger partial charge is 0.246 e. The van der Waals surface area contributed by atoms with Gasteiger partial charge in [-0.1, -0.05) is 36.4 Å². The van der Waals surface area contributed by atoms with Crippen molar-refractivity contribution in [1.29, 1.82) is 0 Å². The van der Waals surface area contributed by atoms with Crippen LogP contribution in [0.15, 0.2) is 30.3 Å². The van der Waals surface area contributed by atoms with Crippen LogP contribution >= 0.6 is 0 Å². The van der Waals surface area contributed by atoms with Crippen LogP contribution in [-0.2, 0) is 6.67 Å². The van der Waals surface area contributed by atoms with Crippen molar-refractivity contribution in [1.82, 2.24) is 0 Å². The van der Waals surface area contributed by atoms with E-state index < -0.39 is 6.67 Å². The zero-order chi connectivity index (χ0) is 8.10. The molecule has 1 aromatic carbocycles. The lowest BCUT2D eigenvalue weighted by molar-refractivity contribution is 0.485. The Morgan fingerprint density at radius 1 is 1.36 bits per heavy atom. The molecule has 0 aliphatic carbocycles. The second kappa shape index (κ2) is 3.91. The van der Waals surface area contributed by atoms with Crippen LogP contribution in [0, 0.1) is 6.92 Å². The Morgan fingerprint density at radius 2 is 2.09 bits per heavy atom. The molecule has 11 heavy (non-hydrogen) atoms. The van der Waals surface area contributed by atoms with Crippen LogP contribution in [0.1, 0.15) is 11.1 Å². The molecule has 0 amide bonds. The van der Waals surface area contributed by atoms with E-state index in [-0.39, 0.29) is 0 Å². The summed E-state index contributed by atoms with van der Waals surface area (Å²) in [7, 11) is 0. The van der Waals surface area contributed by atoms with Gasteiger partial charge in [-0.2, -0.15) is 0 Å². The molecular formula is C10H10F. The van der Waals surface area contributed by atoms with Crippen molar-refractivity contribution in [2.75, 3.05) is 0 Å². The lowest BCUT2D eigenvalue weighted by atomic mass is 10.1. The van der Waals surface area contributed by atoms with E-state index in [0.29, 0.717) is 5.56 Å². The molecule has 0 bridgehead atoms. The summed E-state index contributed by atoms with van der Waals surface area (Å²) in [6, 6.07) is 7.36. The van der Waals surface area contributed by atoms with Crippen LogP contribution in [0.25, 0.3) is 6.08 Å². The van der Waals surface area contributed by atoms with E-state index in [9.17, 15) is 4.39 Å². The number of hydrogen-bond acceptors (Lipinski definition) is 0. The van der Waals surface area contributed by atoms with Gasteiger partial charge < -0.3 is 0 Å². The van der Waals surface area contributed by atoms with Crippen molar-refractivity contribution in [3.63, 3.8) is 0 Å². The van der Waals surface area contributed by atoms with Gasteiger partial charge in [0.2, 0.25) is 0 Å². The second-order valence-corrected chi connectivity index (χ2v) is 2.23. The molecule has 0 spiro atoms. The van der Waals surface area contributed by atoms with Crippen LogP contribution in [-0.4, -0.2) is 0 Å². The lowest BCUT2D eigenvalue weighted by Gasteiger charge is -1.98. The van der Waals surface area contributed by atoms with Gasteiger partial charge >= 0.3 is 0 Å². The maximum absolute atomic E-state index is 12.3. The van der Waals surface area contributed by atoms with E-state index in [2.05, 4.69) is 6.92 Å². The number of hydrogen-bond donors (Lipinski definition) is 0. The zero-order valence-corrected chi connectivity index (χ0v) is 6.26. The van der Waals surface area contributed by atoms with E-state index in [1.807, 2.05) is 18.2 Å². The molecule has 1 rings (SSSR count). The number of benzene rings is 1. The third kappa shape index (κ3) is 1.90. The van der Waals surface area contributed by atoms with E-state index in [0.717, 1.165) is 5.56 Å². The van der Waals surface area contributed by atoms with Gasteiger partial charge in [0.25, 0.3) is 0 Å². The van der Waals surface area contributed by atoms with Crippen LogP contribution in [0.4, 0.5) is 4.39 Å². The molecule has 1 radical (unpaired) electrons. The highest BCUT2D eigenvalue weighted by Crippen LogP contribution is 2.11. The van der Waals surface area contributed by atoms with Crippen LogP contribution < -0.4 is 0 Å². The first kappa shape index (κ1) is 7.99. The van der Waals surface area contributed by atoms with Gasteiger partial charge in [-0.25, -0.2) is 4.39 Å². The highest BCUT2D eigenvalue weighted by atomic mass is 19.1. The first-order valence-electron chi connectivity index (χ1n) is 3.48. The monoisotopic (exact) mass is 149 g/mol. The summed E-state index contributed by atoms with van der Waals surface area (Å²) >= 11 is 0. The van der Waals surface area contributed by atoms with E-state index in [1.165, 1.54) is 0 Å². The van der Waals surface area contributed by atoms with Gasteiger partial charge in [-0.3, -0.25) is 0 Å². The fraction of sp³-hybridized carbons (Fsp3) is 0.100. The summed E-state index contributed by atoms with van der Waals surface area (Å²) in [6.07, 6.45) is 3.46. The first-order valence-corrected chi connectivity index (χ1v) is 3.48. The highest BCUT2D eigenvalue weighted by Gasteiger charge is 1.94. The van der Waals surface area contributed by atoms with Crippen molar-refractivity contribution in [3.05, 3.63) is 48.4 Å². The summed E-state index contributed by atoms with van der Waals surface area (Å²) in [5.74, 6) is 0. The Morgan fingerprint density at radius 3 is 2.73 bits per heavy atom. The molecule has 0 aliphatic rings. The minimum Gasteiger partial charge on any atom is -0.246 e. The summed E-state index contributed by atoms with van der Waals surface area (Å²) in [5, 5.41) is 0. The molecule has 0 aliphatic heterocycles. The molecule has 0 saturated heterocycles. The Balaban J connectivity index is 3.02. The van der Waals surface area contributed by atoms with Gasteiger partial charge in [-0.05, 0) is 18.1 Å². The summed E-state index contributed by atoms with van der Waals surface area (Å²) in [5.41, 5.74) is 1.62. The van der Waals surface area contributed by atoms with Gasteiger partial charge in [-0.15, -0.1) is 0 Å². The van der Waals surface area contributed by atoms with Crippen molar-refractivity contribution < 1.29 is 4.39 Å². The maximum atomic E-state index is 12.3. The van der Waals surface area contributed by atoms with Gasteiger partial charge in [0.15, 0.2) is 0 Å². The van der Waals surface area contributed by atoms with Crippen molar-refractivity contribution >= 4 is 6.08 Å². The molecule has 0 N–H and O–H groups in total. The Kier molecular flexibility index (Phi) is 2.84. The number of allylic oxidation sites excluding steroid dienone is 1. The van der Waals surface area contributed by atoms with Gasteiger partial charge in [0.05, 0.1) is 0 Å². The average Bonchev–Trinajstić information content (AvgIpc) is 2.06. The Labute approximate surface area is 66.4 Å². The molecule has 57 valence electrons. The van der Waals surface area contributed by atoms with Crippen molar-refractivity contribution in [2.24, 2.45) is 0 Å². The van der Waals surface area contributed by atoms with Gasteiger partial charge in [0.1, 0.15) is 6.67 Å². The molecule has 1 aromatic rings. The number of halogens is 1. The van der Waals surface area contributed by atoms with E-state index in [4.69, 9.17) is 0 Å². The predicted molar refractivity (Wildman–Crippen MR) is 45.6 cm³/mol. The number of alkyl halides is 1. The van der Waals surface area contributed by atoms with E-state index >= 15 is 0 Å². The fourth-order valence-corrected chi connectivity index (χ4v) is 0.945. The van der Waals surface area contributed by atoms with E-state index in [1.54, 1.807) is 18.2 Å². The normalized spacial score (nSPS) is 10.7. The fourth-order valence-electron chi connectivity index (χ4n) is 0.945. The minimum atomic E-state index is -0.416. The first-order chi connectivity index (χ1) is 5.38. The van der Waals surface area contributed by atoms with Crippen molar-refractivity contribution in [2.45, 2.75) is 6.67 Å². The summed E-state index contributed by atoms with van der Waals surface area (Å²) < 4.78 is 12.3. The van der Waals surface area contributed by atoms with Crippen LogP contribution in [0.3, 0.4) is 0 Å². The van der Waals surface area contributed by atoms with Crippen LogP contribution in [0.5, 0.6) is 0 Å². The molecule has 0 heterocycles. The topological polar surface area (TPSA) is 0 Å². The SMILES string of the molecule is [CH2]/C=C/c1ccccc1CF. The maximum Gasteiger partial charge on any atom is 0.115 e. The van der Waals surface area contributed by atoms with Crippen molar-refractivity contribution in [3.8, 4) is 0 Å². The summed E-state index contributed by atoms with van der Waals surface area (Å²) in [6.45, 7) is 3.14. The smallest absolute Gasteiger partial charge is 0.115 e. The molecule has 0 nitrogen and oxygen atoms in total. The molecule has 1 heteroatoms. The molecule has 0 atom stereocenters. The molecule has 0 saturated carbocycles. The molecule has 0 unspecified atom stereocenters.